The summed E-state index contributed by atoms with van der Waals surface area (Å²) < 4.78 is 46.9. The van der Waals surface area contributed by atoms with Crippen molar-refractivity contribution in [3.05, 3.63) is 66.4 Å². The molecule has 3 aromatic rings. The van der Waals surface area contributed by atoms with Gasteiger partial charge in [0, 0.05) is 25.0 Å². The second-order valence-electron chi connectivity index (χ2n) is 6.04. The van der Waals surface area contributed by atoms with Crippen LogP contribution < -0.4 is 10.1 Å². The first-order chi connectivity index (χ1) is 13.8. The van der Waals surface area contributed by atoms with Gasteiger partial charge in [-0.05, 0) is 42.3 Å². The molecule has 152 valence electrons. The van der Waals surface area contributed by atoms with Crippen LogP contribution in [0.1, 0.15) is 5.56 Å². The van der Waals surface area contributed by atoms with E-state index in [9.17, 15) is 17.6 Å². The molecule has 29 heavy (non-hydrogen) atoms. The van der Waals surface area contributed by atoms with Gasteiger partial charge in [0.05, 0.1) is 23.3 Å². The highest BCUT2D eigenvalue weighted by Gasteiger charge is 2.24. The van der Waals surface area contributed by atoms with Crippen molar-refractivity contribution in [2.24, 2.45) is 0 Å². The zero-order valence-electron chi connectivity index (χ0n) is 15.4. The molecule has 0 unspecified atom stereocenters. The summed E-state index contributed by atoms with van der Waals surface area (Å²) in [6.07, 6.45) is 1.65. The number of ether oxygens (including phenoxy) is 1. The summed E-state index contributed by atoms with van der Waals surface area (Å²) in [5.41, 5.74) is 0.614. The van der Waals surface area contributed by atoms with Crippen LogP contribution in [0.15, 0.2) is 59.8 Å². The number of carboxylic acid groups (broad SMARTS) is 1. The van der Waals surface area contributed by atoms with E-state index in [1.165, 1.54) is 55.9 Å². The Morgan fingerprint density at radius 2 is 2.07 bits per heavy atom. The van der Waals surface area contributed by atoms with Crippen molar-refractivity contribution >= 4 is 16.1 Å². The Kier molecular flexibility index (Phi) is 5.83. The number of hydrogen-bond acceptors (Lipinski definition) is 5. The largest absolute Gasteiger partial charge is 0.497 e. The average Bonchev–Trinajstić information content (AvgIpc) is 3.13. The number of benzene rings is 1. The molecule has 0 saturated heterocycles. The second-order valence-corrected chi connectivity index (χ2v) is 7.85. The molecule has 1 aromatic carbocycles. The SMILES string of the molecule is COc1cccc(S(=O)(=O)n2cc(CCNC(=O)O)cc2-c2cccnc2F)c1. The van der Waals surface area contributed by atoms with E-state index < -0.39 is 22.1 Å². The van der Waals surface area contributed by atoms with Crippen LogP contribution in [0.2, 0.25) is 0 Å². The number of nitrogens with zero attached hydrogens (tertiary/aromatic N) is 2. The van der Waals surface area contributed by atoms with Crippen LogP contribution in [-0.4, -0.2) is 42.2 Å². The van der Waals surface area contributed by atoms with Gasteiger partial charge in [0.1, 0.15) is 5.75 Å². The normalized spacial score (nSPS) is 11.2. The van der Waals surface area contributed by atoms with E-state index in [2.05, 4.69) is 10.3 Å². The number of amides is 1. The molecule has 0 saturated carbocycles. The van der Waals surface area contributed by atoms with Crippen molar-refractivity contribution in [3.63, 3.8) is 0 Å². The molecule has 1 amide bonds. The summed E-state index contributed by atoms with van der Waals surface area (Å²) in [5, 5.41) is 10.9. The summed E-state index contributed by atoms with van der Waals surface area (Å²) in [6, 6.07) is 10.4. The topological polar surface area (TPSA) is 111 Å². The molecule has 3 rings (SSSR count). The maximum Gasteiger partial charge on any atom is 0.404 e. The van der Waals surface area contributed by atoms with Gasteiger partial charge in [0.15, 0.2) is 0 Å². The van der Waals surface area contributed by atoms with E-state index in [0.717, 1.165) is 3.97 Å². The minimum Gasteiger partial charge on any atom is -0.497 e. The Hall–Kier alpha value is -3.40. The molecule has 0 aliphatic rings. The van der Waals surface area contributed by atoms with Crippen molar-refractivity contribution in [1.29, 1.82) is 0 Å². The van der Waals surface area contributed by atoms with E-state index in [1.54, 1.807) is 6.07 Å². The molecule has 0 fully saturated rings. The van der Waals surface area contributed by atoms with E-state index >= 15 is 0 Å². The summed E-state index contributed by atoms with van der Waals surface area (Å²) in [5.74, 6) is -0.457. The number of hydrogen-bond donors (Lipinski definition) is 2. The molecular formula is C19H18FN3O5S. The highest BCUT2D eigenvalue weighted by molar-refractivity contribution is 7.90. The van der Waals surface area contributed by atoms with Crippen LogP contribution in [0.25, 0.3) is 11.3 Å². The van der Waals surface area contributed by atoms with Gasteiger partial charge in [0.25, 0.3) is 10.0 Å². The van der Waals surface area contributed by atoms with Crippen LogP contribution in [0, 0.1) is 5.95 Å². The fourth-order valence-corrected chi connectivity index (χ4v) is 4.22. The molecule has 0 bridgehead atoms. The van der Waals surface area contributed by atoms with Gasteiger partial charge in [-0.25, -0.2) is 22.2 Å². The molecule has 0 radical (unpaired) electrons. The molecule has 0 atom stereocenters. The Morgan fingerprint density at radius 3 is 2.76 bits per heavy atom. The molecular weight excluding hydrogens is 401 g/mol. The Morgan fingerprint density at radius 1 is 1.28 bits per heavy atom. The lowest BCUT2D eigenvalue weighted by molar-refractivity contribution is 0.194. The molecule has 0 aliphatic heterocycles. The van der Waals surface area contributed by atoms with Crippen molar-refractivity contribution < 1.29 is 27.4 Å². The third-order valence-corrected chi connectivity index (χ3v) is 5.84. The summed E-state index contributed by atoms with van der Waals surface area (Å²) >= 11 is 0. The molecule has 2 heterocycles. The Bertz CT molecular complexity index is 1140. The first kappa shape index (κ1) is 20.3. The molecule has 10 heteroatoms. The maximum atomic E-state index is 14.3. The van der Waals surface area contributed by atoms with Gasteiger partial charge in [-0.1, -0.05) is 6.07 Å². The van der Waals surface area contributed by atoms with Gasteiger partial charge in [0.2, 0.25) is 5.95 Å². The van der Waals surface area contributed by atoms with Crippen LogP contribution in [0.4, 0.5) is 9.18 Å². The first-order valence-electron chi connectivity index (χ1n) is 8.51. The second kappa shape index (κ2) is 8.31. The van der Waals surface area contributed by atoms with Gasteiger partial charge in [-0.2, -0.15) is 4.39 Å². The lowest BCUT2D eigenvalue weighted by Crippen LogP contribution is -2.23. The number of rotatable bonds is 7. The first-order valence-corrected chi connectivity index (χ1v) is 9.95. The summed E-state index contributed by atoms with van der Waals surface area (Å²) in [4.78, 5) is 14.2. The fourth-order valence-electron chi connectivity index (χ4n) is 2.79. The van der Waals surface area contributed by atoms with E-state index in [4.69, 9.17) is 9.84 Å². The highest BCUT2D eigenvalue weighted by atomic mass is 32.2. The predicted molar refractivity (Wildman–Crippen MR) is 103 cm³/mol. The zero-order valence-corrected chi connectivity index (χ0v) is 16.2. The highest BCUT2D eigenvalue weighted by Crippen LogP contribution is 2.29. The molecule has 0 spiro atoms. The van der Waals surface area contributed by atoms with Gasteiger partial charge in [-0.3, -0.25) is 0 Å². The fraction of sp³-hybridized carbons (Fsp3) is 0.158. The smallest absolute Gasteiger partial charge is 0.404 e. The molecule has 8 nitrogen and oxygen atoms in total. The third kappa shape index (κ3) is 4.37. The van der Waals surface area contributed by atoms with Gasteiger partial charge < -0.3 is 15.2 Å². The molecule has 2 aromatic heterocycles. The van der Waals surface area contributed by atoms with Crippen LogP contribution in [0.5, 0.6) is 5.75 Å². The average molecular weight is 419 g/mol. The Balaban J connectivity index is 2.11. The predicted octanol–water partition coefficient (Wildman–Crippen LogP) is 2.74. The summed E-state index contributed by atoms with van der Waals surface area (Å²) in [7, 11) is -2.66. The Labute approximate surface area is 166 Å². The van der Waals surface area contributed by atoms with E-state index in [-0.39, 0.29) is 29.1 Å². The van der Waals surface area contributed by atoms with Crippen molar-refractivity contribution in [1.82, 2.24) is 14.3 Å². The van der Waals surface area contributed by atoms with Gasteiger partial charge >= 0.3 is 6.09 Å². The lowest BCUT2D eigenvalue weighted by atomic mass is 10.1. The zero-order chi connectivity index (χ0) is 21.0. The minimum atomic E-state index is -4.08. The quantitative estimate of drug-likeness (QED) is 0.570. The van der Waals surface area contributed by atoms with Crippen molar-refractivity contribution in [3.8, 4) is 17.0 Å². The number of aromatic nitrogens is 2. The summed E-state index contributed by atoms with van der Waals surface area (Å²) in [6.45, 7) is 0.0769. The molecule has 0 aliphatic carbocycles. The lowest BCUT2D eigenvalue weighted by Gasteiger charge is -2.11. The van der Waals surface area contributed by atoms with Crippen molar-refractivity contribution in [2.45, 2.75) is 11.3 Å². The van der Waals surface area contributed by atoms with Crippen LogP contribution in [0.3, 0.4) is 0 Å². The number of methoxy groups -OCH3 is 1. The molecule has 2 N–H and O–H groups in total. The standard InChI is InChI=1S/C19H18FN3O5S/c1-28-14-4-2-5-15(11-14)29(26,27)23-12-13(7-9-22-19(24)25)10-17(23)16-6-3-8-21-18(16)20/h2-6,8,10-12,22H,7,9H2,1H3,(H,24,25). The van der Waals surface area contributed by atoms with E-state index in [0.29, 0.717) is 11.3 Å². The minimum absolute atomic E-state index is 0.0106. The maximum absolute atomic E-state index is 14.3. The van der Waals surface area contributed by atoms with Crippen LogP contribution >= 0.6 is 0 Å². The van der Waals surface area contributed by atoms with Crippen molar-refractivity contribution in [2.75, 3.05) is 13.7 Å². The number of nitrogens with one attached hydrogen (secondary N) is 1. The number of pyridine rings is 1. The van der Waals surface area contributed by atoms with Gasteiger partial charge in [-0.15, -0.1) is 0 Å². The van der Waals surface area contributed by atoms with Crippen LogP contribution in [-0.2, 0) is 16.4 Å². The third-order valence-electron chi connectivity index (χ3n) is 4.17. The number of halogens is 1. The van der Waals surface area contributed by atoms with E-state index in [1.807, 2.05) is 0 Å². The monoisotopic (exact) mass is 419 g/mol. The number of carbonyl (C=O) groups is 1.